The Morgan fingerprint density at radius 1 is 0.967 bits per heavy atom. The molecule has 4 rings (SSSR count). The topological polar surface area (TPSA) is 107 Å². The molecule has 0 radical (unpaired) electrons. The number of phenolic OH excluding ortho intramolecular Hbond substituents is 1. The number of phenols is 1. The van der Waals surface area contributed by atoms with E-state index in [0.717, 1.165) is 22.5 Å². The molecule has 4 aromatic rings. The van der Waals surface area contributed by atoms with Crippen LogP contribution < -0.4 is 0 Å². The summed E-state index contributed by atoms with van der Waals surface area (Å²) in [6.45, 7) is 0. The lowest BCUT2D eigenvalue weighted by Gasteiger charge is -2.13. The van der Waals surface area contributed by atoms with Crippen molar-refractivity contribution in [2.24, 2.45) is 0 Å². The number of thioether (sulfide) groups is 1. The second-order valence-corrected chi connectivity index (χ2v) is 7.22. The SMILES string of the molecule is Oc1ccc(-n2nnnc2SCc2nnnn2-c2ccc(Cl)cc2C(F)(F)F)cc1. The maximum atomic E-state index is 13.4. The number of hydrogen-bond donors (Lipinski definition) is 1. The Balaban J connectivity index is 1.62. The van der Waals surface area contributed by atoms with Crippen LogP contribution in [-0.4, -0.2) is 45.5 Å². The van der Waals surface area contributed by atoms with Crippen LogP contribution in [-0.2, 0) is 11.9 Å². The third-order valence-electron chi connectivity index (χ3n) is 3.89. The highest BCUT2D eigenvalue weighted by Crippen LogP contribution is 2.36. The average molecular weight is 455 g/mol. The Bertz CT molecular complexity index is 1180. The summed E-state index contributed by atoms with van der Waals surface area (Å²) in [5.41, 5.74) is -0.606. The van der Waals surface area contributed by atoms with Crippen molar-refractivity contribution in [2.45, 2.75) is 17.1 Å². The minimum Gasteiger partial charge on any atom is -0.508 e. The van der Waals surface area contributed by atoms with Gasteiger partial charge in [-0.1, -0.05) is 23.4 Å². The van der Waals surface area contributed by atoms with E-state index in [2.05, 4.69) is 31.1 Å². The van der Waals surface area contributed by atoms with Crippen LogP contribution >= 0.6 is 23.4 Å². The zero-order valence-corrected chi connectivity index (χ0v) is 16.3. The van der Waals surface area contributed by atoms with Gasteiger partial charge in [-0.05, 0) is 63.3 Å². The van der Waals surface area contributed by atoms with E-state index >= 15 is 0 Å². The van der Waals surface area contributed by atoms with Crippen LogP contribution in [0.15, 0.2) is 47.6 Å². The van der Waals surface area contributed by atoms with Crippen molar-refractivity contribution in [1.82, 2.24) is 40.4 Å². The molecular formula is C16H10ClF3N8OS. The van der Waals surface area contributed by atoms with Crippen LogP contribution in [0.1, 0.15) is 11.4 Å². The number of nitrogens with zero attached hydrogens (tertiary/aromatic N) is 8. The van der Waals surface area contributed by atoms with E-state index in [-0.39, 0.29) is 28.0 Å². The van der Waals surface area contributed by atoms with E-state index in [0.29, 0.717) is 10.8 Å². The molecule has 30 heavy (non-hydrogen) atoms. The summed E-state index contributed by atoms with van der Waals surface area (Å²) in [6.07, 6.45) is -4.64. The predicted molar refractivity (Wildman–Crippen MR) is 99.5 cm³/mol. The van der Waals surface area contributed by atoms with Crippen LogP contribution in [0.4, 0.5) is 13.2 Å². The van der Waals surface area contributed by atoms with E-state index in [1.165, 1.54) is 28.9 Å². The summed E-state index contributed by atoms with van der Waals surface area (Å²) in [5, 5.41) is 32.1. The number of tetrazole rings is 2. The molecule has 2 heterocycles. The summed E-state index contributed by atoms with van der Waals surface area (Å²) in [7, 11) is 0. The van der Waals surface area contributed by atoms with E-state index in [1.807, 2.05) is 0 Å². The molecule has 14 heteroatoms. The third kappa shape index (κ3) is 4.07. The number of aromatic hydroxyl groups is 1. The van der Waals surface area contributed by atoms with E-state index in [4.69, 9.17) is 11.6 Å². The number of aromatic nitrogens is 8. The average Bonchev–Trinajstić information content (AvgIpc) is 3.35. The summed E-state index contributed by atoms with van der Waals surface area (Å²) < 4.78 is 42.7. The van der Waals surface area contributed by atoms with Crippen LogP contribution in [0.5, 0.6) is 5.75 Å². The van der Waals surface area contributed by atoms with Gasteiger partial charge >= 0.3 is 6.18 Å². The lowest BCUT2D eigenvalue weighted by Crippen LogP contribution is -2.13. The zero-order valence-electron chi connectivity index (χ0n) is 14.7. The van der Waals surface area contributed by atoms with E-state index < -0.39 is 11.7 Å². The molecule has 2 aromatic heterocycles. The second kappa shape index (κ2) is 7.91. The van der Waals surface area contributed by atoms with Gasteiger partial charge in [-0.3, -0.25) is 0 Å². The van der Waals surface area contributed by atoms with Crippen molar-refractivity contribution in [1.29, 1.82) is 0 Å². The van der Waals surface area contributed by atoms with Gasteiger partial charge in [-0.15, -0.1) is 10.2 Å². The van der Waals surface area contributed by atoms with Crippen molar-refractivity contribution in [3.05, 3.63) is 58.9 Å². The van der Waals surface area contributed by atoms with Crippen LogP contribution in [0.2, 0.25) is 5.02 Å². The molecule has 1 N–H and O–H groups in total. The molecule has 0 saturated carbocycles. The first-order valence-corrected chi connectivity index (χ1v) is 9.54. The highest BCUT2D eigenvalue weighted by Gasteiger charge is 2.35. The Morgan fingerprint density at radius 3 is 2.40 bits per heavy atom. The van der Waals surface area contributed by atoms with Crippen LogP contribution in [0, 0.1) is 0 Å². The van der Waals surface area contributed by atoms with E-state index in [1.54, 1.807) is 12.1 Å². The second-order valence-electron chi connectivity index (χ2n) is 5.84. The highest BCUT2D eigenvalue weighted by molar-refractivity contribution is 7.98. The molecule has 0 bridgehead atoms. The molecule has 0 aliphatic carbocycles. The standard InChI is InChI=1S/C16H10ClF3N8OS/c17-9-1-6-13(12(7-9)16(18,19)20)28-14(21-23-26-28)8-30-15-22-24-25-27(15)10-2-4-11(29)5-3-10/h1-7,29H,8H2. The first kappa shape index (κ1) is 20.1. The fourth-order valence-electron chi connectivity index (χ4n) is 2.56. The monoisotopic (exact) mass is 454 g/mol. The van der Waals surface area contributed by atoms with Crippen molar-refractivity contribution in [2.75, 3.05) is 0 Å². The summed E-state index contributed by atoms with van der Waals surface area (Å²) in [5.74, 6) is 0.336. The molecule has 0 amide bonds. The molecule has 0 aliphatic heterocycles. The molecule has 0 aliphatic rings. The van der Waals surface area contributed by atoms with Gasteiger partial charge in [0.1, 0.15) is 5.75 Å². The fourth-order valence-corrected chi connectivity index (χ4v) is 3.53. The molecule has 9 nitrogen and oxygen atoms in total. The quantitative estimate of drug-likeness (QED) is 0.458. The molecule has 0 spiro atoms. The smallest absolute Gasteiger partial charge is 0.418 e. The number of halogens is 4. The summed E-state index contributed by atoms with van der Waals surface area (Å²) in [4.78, 5) is 0. The number of hydrogen-bond acceptors (Lipinski definition) is 8. The Morgan fingerprint density at radius 2 is 1.67 bits per heavy atom. The van der Waals surface area contributed by atoms with Crippen molar-refractivity contribution in [3.8, 4) is 17.1 Å². The Kier molecular flexibility index (Phi) is 5.30. The first-order chi connectivity index (χ1) is 14.3. The molecule has 0 fully saturated rings. The Labute approximate surface area is 175 Å². The van der Waals surface area contributed by atoms with E-state index in [9.17, 15) is 18.3 Å². The molecule has 0 unspecified atom stereocenters. The van der Waals surface area contributed by atoms with Gasteiger partial charge in [0.25, 0.3) is 0 Å². The van der Waals surface area contributed by atoms with Gasteiger partial charge in [-0.25, -0.2) is 0 Å². The lowest BCUT2D eigenvalue weighted by atomic mass is 10.1. The number of benzene rings is 2. The van der Waals surface area contributed by atoms with Crippen molar-refractivity contribution >= 4 is 23.4 Å². The maximum absolute atomic E-state index is 13.4. The minimum absolute atomic E-state index is 0.0526. The van der Waals surface area contributed by atoms with Gasteiger partial charge in [0.15, 0.2) is 5.82 Å². The molecule has 154 valence electrons. The maximum Gasteiger partial charge on any atom is 0.418 e. The van der Waals surface area contributed by atoms with Crippen molar-refractivity contribution < 1.29 is 18.3 Å². The first-order valence-electron chi connectivity index (χ1n) is 8.18. The third-order valence-corrected chi connectivity index (χ3v) is 5.04. The molecule has 0 saturated heterocycles. The van der Waals surface area contributed by atoms with Crippen LogP contribution in [0.3, 0.4) is 0 Å². The van der Waals surface area contributed by atoms with Crippen molar-refractivity contribution in [3.63, 3.8) is 0 Å². The highest BCUT2D eigenvalue weighted by atomic mass is 35.5. The molecular weight excluding hydrogens is 445 g/mol. The predicted octanol–water partition coefficient (Wildman–Crippen LogP) is 3.31. The Hall–Kier alpha value is -3.19. The molecule has 2 aromatic carbocycles. The lowest BCUT2D eigenvalue weighted by molar-refractivity contribution is -0.137. The summed E-state index contributed by atoms with van der Waals surface area (Å²) >= 11 is 6.86. The van der Waals surface area contributed by atoms with Gasteiger partial charge in [0.2, 0.25) is 5.16 Å². The largest absolute Gasteiger partial charge is 0.508 e. The van der Waals surface area contributed by atoms with Gasteiger partial charge < -0.3 is 5.11 Å². The molecule has 0 atom stereocenters. The van der Waals surface area contributed by atoms with Crippen LogP contribution in [0.25, 0.3) is 11.4 Å². The zero-order chi connectivity index (χ0) is 21.3. The van der Waals surface area contributed by atoms with Gasteiger partial charge in [0, 0.05) is 5.02 Å². The van der Waals surface area contributed by atoms with Gasteiger partial charge in [-0.2, -0.15) is 22.5 Å². The number of rotatable bonds is 5. The fraction of sp³-hybridized carbons (Fsp3) is 0.125. The van der Waals surface area contributed by atoms with Gasteiger partial charge in [0.05, 0.1) is 22.7 Å². The minimum atomic E-state index is -4.64. The normalized spacial score (nSPS) is 11.7. The number of alkyl halides is 3. The summed E-state index contributed by atoms with van der Waals surface area (Å²) in [6, 6.07) is 9.54.